The van der Waals surface area contributed by atoms with Crippen LogP contribution in [0.15, 0.2) is 12.1 Å². The Morgan fingerprint density at radius 2 is 2.19 bits per heavy atom. The molecular formula is C17H29N3O. The number of hydrogen-bond acceptors (Lipinski definition) is 4. The van der Waals surface area contributed by atoms with Gasteiger partial charge in [0.05, 0.1) is 18.8 Å². The van der Waals surface area contributed by atoms with Crippen LogP contribution in [-0.2, 0) is 11.3 Å². The number of ether oxygens (including phenoxy) is 1. The van der Waals surface area contributed by atoms with Gasteiger partial charge in [0, 0.05) is 18.8 Å². The third-order valence-corrected chi connectivity index (χ3v) is 4.10. The van der Waals surface area contributed by atoms with Crippen molar-refractivity contribution in [2.45, 2.75) is 58.7 Å². The van der Waals surface area contributed by atoms with Crippen LogP contribution >= 0.6 is 0 Å². The predicted molar refractivity (Wildman–Crippen MR) is 87.9 cm³/mol. The molecule has 1 saturated heterocycles. The molecule has 0 radical (unpaired) electrons. The maximum atomic E-state index is 5.81. The molecule has 1 aliphatic rings. The smallest absolute Gasteiger partial charge is 0.129 e. The molecule has 0 amide bonds. The minimum Gasteiger partial charge on any atom is -0.375 e. The fourth-order valence-corrected chi connectivity index (χ4v) is 2.81. The van der Waals surface area contributed by atoms with Gasteiger partial charge in [-0.25, -0.2) is 4.98 Å². The molecule has 1 aromatic rings. The molecule has 2 atom stereocenters. The Balaban J connectivity index is 2.35. The number of aromatic nitrogens is 1. The Morgan fingerprint density at radius 3 is 2.81 bits per heavy atom. The fourth-order valence-electron chi connectivity index (χ4n) is 2.81. The molecular weight excluding hydrogens is 262 g/mol. The lowest BCUT2D eigenvalue weighted by atomic mass is 10.1. The van der Waals surface area contributed by atoms with Crippen LogP contribution < -0.4 is 10.2 Å². The summed E-state index contributed by atoms with van der Waals surface area (Å²) in [5, 5.41) is 3.24. The van der Waals surface area contributed by atoms with E-state index in [9.17, 15) is 0 Å². The summed E-state index contributed by atoms with van der Waals surface area (Å²) in [5.41, 5.74) is 2.48. The highest BCUT2D eigenvalue weighted by Crippen LogP contribution is 2.25. The standard InChI is InChI=1S/C17H29N3O/c1-6-15-11-21-13(4)10-20(15)17-8-14(9-18-5)7-16(19-17)12(2)3/h7-8,12-13,15,18H,6,9-11H2,1-5H3. The van der Waals surface area contributed by atoms with Crippen LogP contribution in [0.5, 0.6) is 0 Å². The second kappa shape index (κ2) is 7.23. The zero-order valence-corrected chi connectivity index (χ0v) is 14.0. The highest BCUT2D eigenvalue weighted by molar-refractivity contribution is 5.45. The number of nitrogens with one attached hydrogen (secondary N) is 1. The Bertz CT molecular complexity index is 461. The minimum atomic E-state index is 0.269. The van der Waals surface area contributed by atoms with E-state index in [0.717, 1.165) is 31.9 Å². The molecule has 1 aromatic heterocycles. The molecule has 2 rings (SSSR count). The lowest BCUT2D eigenvalue weighted by Crippen LogP contribution is -2.49. The molecule has 2 heterocycles. The molecule has 0 saturated carbocycles. The average molecular weight is 291 g/mol. The van der Waals surface area contributed by atoms with Crippen LogP contribution in [0.3, 0.4) is 0 Å². The Labute approximate surface area is 128 Å². The third-order valence-electron chi connectivity index (χ3n) is 4.10. The first-order chi connectivity index (χ1) is 10.0. The van der Waals surface area contributed by atoms with Gasteiger partial charge in [-0.05, 0) is 44.0 Å². The summed E-state index contributed by atoms with van der Waals surface area (Å²) in [7, 11) is 1.99. The topological polar surface area (TPSA) is 37.4 Å². The van der Waals surface area contributed by atoms with E-state index in [0.29, 0.717) is 12.0 Å². The van der Waals surface area contributed by atoms with Gasteiger partial charge in [0.15, 0.2) is 0 Å². The first-order valence-corrected chi connectivity index (χ1v) is 8.08. The number of nitrogens with zero attached hydrogens (tertiary/aromatic N) is 2. The molecule has 0 spiro atoms. The summed E-state index contributed by atoms with van der Waals surface area (Å²) in [6.07, 6.45) is 1.35. The predicted octanol–water partition coefficient (Wildman–Crippen LogP) is 2.93. The highest BCUT2D eigenvalue weighted by Gasteiger charge is 2.27. The van der Waals surface area contributed by atoms with Crippen LogP contribution in [0.1, 0.15) is 51.3 Å². The van der Waals surface area contributed by atoms with Crippen LogP contribution in [0.4, 0.5) is 5.82 Å². The number of pyridine rings is 1. The number of anilines is 1. The Hall–Kier alpha value is -1.13. The van der Waals surface area contributed by atoms with Gasteiger partial charge in [0.2, 0.25) is 0 Å². The van der Waals surface area contributed by atoms with Crippen LogP contribution in [0.2, 0.25) is 0 Å². The SMILES string of the molecule is CCC1COC(C)CN1c1cc(CNC)cc(C(C)C)n1. The van der Waals surface area contributed by atoms with E-state index in [1.165, 1.54) is 11.3 Å². The lowest BCUT2D eigenvalue weighted by Gasteiger charge is -2.39. The minimum absolute atomic E-state index is 0.269. The molecule has 2 unspecified atom stereocenters. The molecule has 0 aromatic carbocycles. The summed E-state index contributed by atoms with van der Waals surface area (Å²) >= 11 is 0. The van der Waals surface area contributed by atoms with E-state index >= 15 is 0 Å². The molecule has 4 nitrogen and oxygen atoms in total. The Kier molecular flexibility index (Phi) is 5.59. The number of hydrogen-bond donors (Lipinski definition) is 1. The normalized spacial score (nSPS) is 22.9. The van der Waals surface area contributed by atoms with Gasteiger partial charge >= 0.3 is 0 Å². The van der Waals surface area contributed by atoms with Gasteiger partial charge in [-0.15, -0.1) is 0 Å². The summed E-state index contributed by atoms with van der Waals surface area (Å²) < 4.78 is 5.81. The van der Waals surface area contributed by atoms with Crippen molar-refractivity contribution in [3.63, 3.8) is 0 Å². The van der Waals surface area contributed by atoms with E-state index in [1.807, 2.05) is 7.05 Å². The lowest BCUT2D eigenvalue weighted by molar-refractivity contribution is 0.0296. The van der Waals surface area contributed by atoms with Crippen molar-refractivity contribution in [1.82, 2.24) is 10.3 Å². The van der Waals surface area contributed by atoms with Crippen LogP contribution in [-0.4, -0.2) is 37.3 Å². The maximum absolute atomic E-state index is 5.81. The molecule has 1 fully saturated rings. The van der Waals surface area contributed by atoms with Gasteiger partial charge in [-0.1, -0.05) is 20.8 Å². The summed E-state index contributed by atoms with van der Waals surface area (Å²) in [6, 6.07) is 4.87. The molecule has 1 N–H and O–H groups in total. The molecule has 1 aliphatic heterocycles. The average Bonchev–Trinajstić information content (AvgIpc) is 2.47. The van der Waals surface area contributed by atoms with E-state index in [1.54, 1.807) is 0 Å². The van der Waals surface area contributed by atoms with E-state index < -0.39 is 0 Å². The van der Waals surface area contributed by atoms with E-state index in [-0.39, 0.29) is 6.10 Å². The largest absolute Gasteiger partial charge is 0.375 e. The molecule has 0 bridgehead atoms. The zero-order valence-electron chi connectivity index (χ0n) is 14.0. The monoisotopic (exact) mass is 291 g/mol. The zero-order chi connectivity index (χ0) is 15.4. The second-order valence-corrected chi connectivity index (χ2v) is 6.30. The van der Waals surface area contributed by atoms with Gasteiger partial charge < -0.3 is 15.0 Å². The Morgan fingerprint density at radius 1 is 1.43 bits per heavy atom. The second-order valence-electron chi connectivity index (χ2n) is 6.30. The van der Waals surface area contributed by atoms with E-state index in [2.05, 4.69) is 50.0 Å². The summed E-state index contributed by atoms with van der Waals surface area (Å²) in [6.45, 7) is 11.4. The third kappa shape index (κ3) is 3.95. The van der Waals surface area contributed by atoms with Gasteiger partial charge in [-0.3, -0.25) is 0 Å². The first-order valence-electron chi connectivity index (χ1n) is 8.08. The molecule has 21 heavy (non-hydrogen) atoms. The van der Waals surface area contributed by atoms with Crippen molar-refractivity contribution in [3.05, 3.63) is 23.4 Å². The number of morpholine rings is 1. The van der Waals surface area contributed by atoms with Gasteiger partial charge in [-0.2, -0.15) is 0 Å². The highest BCUT2D eigenvalue weighted by atomic mass is 16.5. The molecule has 0 aliphatic carbocycles. The van der Waals surface area contributed by atoms with Crippen LogP contribution in [0.25, 0.3) is 0 Å². The summed E-state index contributed by atoms with van der Waals surface area (Å²) in [5.74, 6) is 1.55. The molecule has 118 valence electrons. The number of rotatable bonds is 5. The first kappa shape index (κ1) is 16.2. The van der Waals surface area contributed by atoms with Crippen molar-refractivity contribution < 1.29 is 4.74 Å². The fraction of sp³-hybridized carbons (Fsp3) is 0.706. The van der Waals surface area contributed by atoms with Gasteiger partial charge in [0.1, 0.15) is 5.82 Å². The van der Waals surface area contributed by atoms with Crippen molar-refractivity contribution in [1.29, 1.82) is 0 Å². The van der Waals surface area contributed by atoms with Crippen molar-refractivity contribution in [2.24, 2.45) is 0 Å². The maximum Gasteiger partial charge on any atom is 0.129 e. The quantitative estimate of drug-likeness (QED) is 0.905. The van der Waals surface area contributed by atoms with Crippen LogP contribution in [0, 0.1) is 0 Å². The summed E-state index contributed by atoms with van der Waals surface area (Å²) in [4.78, 5) is 7.34. The molecule has 4 heteroatoms. The van der Waals surface area contributed by atoms with Crippen molar-refractivity contribution in [2.75, 3.05) is 25.1 Å². The van der Waals surface area contributed by atoms with Gasteiger partial charge in [0.25, 0.3) is 0 Å². The van der Waals surface area contributed by atoms with Crippen molar-refractivity contribution >= 4 is 5.82 Å². The van der Waals surface area contributed by atoms with E-state index in [4.69, 9.17) is 9.72 Å². The van der Waals surface area contributed by atoms with Crippen molar-refractivity contribution in [3.8, 4) is 0 Å².